The third-order valence-electron chi connectivity index (χ3n) is 4.95. The van der Waals surface area contributed by atoms with Gasteiger partial charge < -0.3 is 0 Å². The molecule has 0 aromatic carbocycles. The van der Waals surface area contributed by atoms with Crippen molar-refractivity contribution in [2.24, 2.45) is 11.8 Å². The molecule has 3 N–H and O–H groups in total. The predicted molar refractivity (Wildman–Crippen MR) is 94.5 cm³/mol. The van der Waals surface area contributed by atoms with E-state index in [-0.39, 0.29) is 11.3 Å². The number of hydrazine groups is 1. The van der Waals surface area contributed by atoms with Crippen LogP contribution in [0.1, 0.15) is 39.5 Å². The summed E-state index contributed by atoms with van der Waals surface area (Å²) in [4.78, 5) is 0. The minimum Gasteiger partial charge on any atom is -0.271 e. The van der Waals surface area contributed by atoms with E-state index in [9.17, 15) is 8.42 Å². The van der Waals surface area contributed by atoms with Gasteiger partial charge >= 0.3 is 0 Å². The Kier molecular flexibility index (Phi) is 6.34. The summed E-state index contributed by atoms with van der Waals surface area (Å²) in [6.45, 7) is 4.56. The van der Waals surface area contributed by atoms with Gasteiger partial charge in [0, 0.05) is 33.8 Å². The summed E-state index contributed by atoms with van der Waals surface area (Å²) in [5, 5.41) is 1.61. The van der Waals surface area contributed by atoms with Crippen LogP contribution in [0.4, 0.5) is 0 Å². The molecule has 6 atom stereocenters. The van der Waals surface area contributed by atoms with Crippen LogP contribution in [0.25, 0.3) is 0 Å². The van der Waals surface area contributed by atoms with Gasteiger partial charge in [0.05, 0.1) is 5.25 Å². The van der Waals surface area contributed by atoms with Crippen LogP contribution in [-0.2, 0) is 9.84 Å². The van der Waals surface area contributed by atoms with Gasteiger partial charge in [0.15, 0.2) is 0 Å². The molecule has 0 aromatic rings. The van der Waals surface area contributed by atoms with E-state index in [0.29, 0.717) is 21.7 Å². The zero-order valence-corrected chi connectivity index (χ0v) is 15.6. The number of nitrogens with two attached hydrogens (primary N) is 1. The maximum absolute atomic E-state index is 11.9. The van der Waals surface area contributed by atoms with E-state index < -0.39 is 9.84 Å². The summed E-state index contributed by atoms with van der Waals surface area (Å²) in [6, 6.07) is 0.224. The maximum Gasteiger partial charge on any atom is 0.150 e. The SMILES string of the molecule is CC1SCC(C(NN)C2CCCC(S(C)(=O)=O)C2)SC1C. The second-order valence-corrected chi connectivity index (χ2v) is 11.8. The van der Waals surface area contributed by atoms with Crippen molar-refractivity contribution in [3.05, 3.63) is 0 Å². The first-order valence-corrected chi connectivity index (χ1v) is 11.7. The first-order chi connectivity index (χ1) is 9.82. The van der Waals surface area contributed by atoms with Crippen LogP contribution < -0.4 is 11.3 Å². The molecule has 124 valence electrons. The molecule has 1 saturated carbocycles. The Morgan fingerprint density at radius 3 is 2.52 bits per heavy atom. The van der Waals surface area contributed by atoms with Crippen LogP contribution >= 0.6 is 23.5 Å². The summed E-state index contributed by atoms with van der Waals surface area (Å²) in [5.74, 6) is 7.33. The molecular weight excluding hydrogens is 324 g/mol. The molecule has 21 heavy (non-hydrogen) atoms. The van der Waals surface area contributed by atoms with E-state index in [1.54, 1.807) is 0 Å². The Hall–Kier alpha value is 0.570. The topological polar surface area (TPSA) is 72.2 Å². The second-order valence-electron chi connectivity index (χ2n) is 6.49. The normalized spacial score (nSPS) is 39.9. The molecule has 1 aliphatic carbocycles. The number of thioether (sulfide) groups is 2. The van der Waals surface area contributed by atoms with Crippen LogP contribution in [-0.4, -0.2) is 47.5 Å². The molecular formula is C14H28N2O2S3. The fourth-order valence-electron chi connectivity index (χ4n) is 3.44. The first-order valence-electron chi connectivity index (χ1n) is 7.75. The Morgan fingerprint density at radius 1 is 1.24 bits per heavy atom. The van der Waals surface area contributed by atoms with Crippen molar-refractivity contribution in [2.45, 2.75) is 66.6 Å². The lowest BCUT2D eigenvalue weighted by atomic mass is 9.82. The van der Waals surface area contributed by atoms with Crippen LogP contribution in [0.5, 0.6) is 0 Å². The zero-order chi connectivity index (χ0) is 15.6. The zero-order valence-electron chi connectivity index (χ0n) is 13.1. The Balaban J connectivity index is 2.03. The van der Waals surface area contributed by atoms with Crippen molar-refractivity contribution < 1.29 is 8.42 Å². The number of hydrogen-bond acceptors (Lipinski definition) is 6. The van der Waals surface area contributed by atoms with Gasteiger partial charge in [0.1, 0.15) is 9.84 Å². The fraction of sp³-hybridized carbons (Fsp3) is 1.00. The predicted octanol–water partition coefficient (Wildman–Crippen LogP) is 2.05. The van der Waals surface area contributed by atoms with Crippen molar-refractivity contribution in [1.82, 2.24) is 5.43 Å². The van der Waals surface area contributed by atoms with Crippen molar-refractivity contribution in [1.29, 1.82) is 0 Å². The van der Waals surface area contributed by atoms with E-state index in [0.717, 1.165) is 31.4 Å². The van der Waals surface area contributed by atoms with E-state index in [1.165, 1.54) is 6.26 Å². The summed E-state index contributed by atoms with van der Waals surface area (Å²) >= 11 is 4.03. The molecule has 0 aromatic heterocycles. The van der Waals surface area contributed by atoms with Gasteiger partial charge in [-0.1, -0.05) is 20.3 Å². The van der Waals surface area contributed by atoms with Crippen LogP contribution in [0, 0.1) is 5.92 Å². The summed E-state index contributed by atoms with van der Waals surface area (Å²) in [5.41, 5.74) is 3.02. The fourth-order valence-corrected chi connectivity index (χ4v) is 7.82. The van der Waals surface area contributed by atoms with Crippen molar-refractivity contribution in [3.8, 4) is 0 Å². The van der Waals surface area contributed by atoms with Crippen molar-refractivity contribution >= 4 is 33.4 Å². The van der Waals surface area contributed by atoms with Gasteiger partial charge in [-0.3, -0.25) is 11.3 Å². The van der Waals surface area contributed by atoms with E-state index in [4.69, 9.17) is 5.84 Å². The standard InChI is InChI=1S/C14H28N2O2S3/c1-9-10(2)20-13(8-19-9)14(16-15)11-5-4-6-12(7-11)21(3,17)18/h9-14,16H,4-8,15H2,1-3H3. The van der Waals surface area contributed by atoms with E-state index in [2.05, 4.69) is 19.3 Å². The van der Waals surface area contributed by atoms with Gasteiger partial charge in [0.25, 0.3) is 0 Å². The van der Waals surface area contributed by atoms with E-state index in [1.807, 2.05) is 23.5 Å². The second kappa shape index (κ2) is 7.43. The van der Waals surface area contributed by atoms with Gasteiger partial charge in [-0.2, -0.15) is 23.5 Å². The minimum atomic E-state index is -2.93. The monoisotopic (exact) mass is 352 g/mol. The Morgan fingerprint density at radius 2 is 1.95 bits per heavy atom. The molecule has 2 rings (SSSR count). The van der Waals surface area contributed by atoms with Gasteiger partial charge in [-0.15, -0.1) is 0 Å². The molecule has 2 fully saturated rings. The quantitative estimate of drug-likeness (QED) is 0.596. The molecule has 1 aliphatic heterocycles. The molecule has 7 heteroatoms. The average molecular weight is 353 g/mol. The molecule has 6 unspecified atom stereocenters. The smallest absolute Gasteiger partial charge is 0.150 e. The van der Waals surface area contributed by atoms with Crippen LogP contribution in [0.2, 0.25) is 0 Å². The largest absolute Gasteiger partial charge is 0.271 e. The number of rotatable bonds is 4. The minimum absolute atomic E-state index is 0.176. The molecule has 2 aliphatic rings. The first kappa shape index (κ1) is 17.9. The van der Waals surface area contributed by atoms with Crippen molar-refractivity contribution in [3.63, 3.8) is 0 Å². The third-order valence-corrected chi connectivity index (χ3v) is 10.1. The summed E-state index contributed by atoms with van der Waals surface area (Å²) < 4.78 is 23.7. The van der Waals surface area contributed by atoms with E-state index >= 15 is 0 Å². The molecule has 0 spiro atoms. The number of nitrogens with one attached hydrogen (secondary N) is 1. The maximum atomic E-state index is 11.9. The molecule has 0 amide bonds. The Bertz CT molecular complexity index is 444. The lowest BCUT2D eigenvalue weighted by molar-refractivity contribution is 0.270. The lowest BCUT2D eigenvalue weighted by Gasteiger charge is -2.41. The highest BCUT2D eigenvalue weighted by molar-refractivity contribution is 8.07. The molecule has 4 nitrogen and oxygen atoms in total. The lowest BCUT2D eigenvalue weighted by Crippen LogP contribution is -2.52. The molecule has 1 heterocycles. The molecule has 1 saturated heterocycles. The highest BCUT2D eigenvalue weighted by Gasteiger charge is 2.38. The highest BCUT2D eigenvalue weighted by atomic mass is 32.2. The van der Waals surface area contributed by atoms with Crippen LogP contribution in [0.3, 0.4) is 0 Å². The summed E-state index contributed by atoms with van der Waals surface area (Å²) in [7, 11) is -2.93. The van der Waals surface area contributed by atoms with Gasteiger partial charge in [-0.25, -0.2) is 8.42 Å². The van der Waals surface area contributed by atoms with Crippen LogP contribution in [0.15, 0.2) is 0 Å². The molecule has 0 radical (unpaired) electrons. The number of hydrogen-bond donors (Lipinski definition) is 2. The number of sulfone groups is 1. The average Bonchev–Trinajstić information content (AvgIpc) is 2.43. The van der Waals surface area contributed by atoms with Crippen molar-refractivity contribution in [2.75, 3.05) is 12.0 Å². The Labute approximate surface area is 137 Å². The molecule has 0 bridgehead atoms. The van der Waals surface area contributed by atoms with Gasteiger partial charge in [-0.05, 0) is 25.2 Å². The third kappa shape index (κ3) is 4.53. The highest BCUT2D eigenvalue weighted by Crippen LogP contribution is 2.41. The summed E-state index contributed by atoms with van der Waals surface area (Å²) in [6.07, 6.45) is 5.04. The van der Waals surface area contributed by atoms with Gasteiger partial charge in [0.2, 0.25) is 0 Å².